The molecule has 0 aliphatic heterocycles. The van der Waals surface area contributed by atoms with Gasteiger partial charge in [-0.25, -0.2) is 4.39 Å². The molecular weight excluding hydrogens is 209 g/mol. The van der Waals surface area contributed by atoms with E-state index in [9.17, 15) is 14.0 Å². The summed E-state index contributed by atoms with van der Waals surface area (Å²) in [4.78, 5) is 23.0. The lowest BCUT2D eigenvalue weighted by atomic mass is 10.1. The first kappa shape index (κ1) is 10.8. The van der Waals surface area contributed by atoms with Crippen LogP contribution in [0.25, 0.3) is 0 Å². The Bertz CT molecular complexity index is 414. The molecule has 1 aromatic carbocycles. The molecule has 1 aliphatic carbocycles. The predicted octanol–water partition coefficient (Wildman–Crippen LogP) is 2.13. The number of halogens is 1. The van der Waals surface area contributed by atoms with Gasteiger partial charge in [0.05, 0.1) is 5.92 Å². The number of carbonyl (C=O) groups excluding carboxylic acids is 2. The Kier molecular flexibility index (Phi) is 2.99. The van der Waals surface area contributed by atoms with Crippen LogP contribution in [0, 0.1) is 11.7 Å². The van der Waals surface area contributed by atoms with Gasteiger partial charge in [-0.2, -0.15) is 0 Å². The summed E-state index contributed by atoms with van der Waals surface area (Å²) < 4.78 is 12.6. The summed E-state index contributed by atoms with van der Waals surface area (Å²) >= 11 is 0. The van der Waals surface area contributed by atoms with Gasteiger partial charge in [0, 0.05) is 12.1 Å². The molecule has 0 bridgehead atoms. The van der Waals surface area contributed by atoms with E-state index in [1.165, 1.54) is 24.3 Å². The van der Waals surface area contributed by atoms with E-state index in [4.69, 9.17) is 0 Å². The summed E-state index contributed by atoms with van der Waals surface area (Å²) in [7, 11) is 0. The van der Waals surface area contributed by atoms with Gasteiger partial charge in [0.25, 0.3) is 0 Å². The van der Waals surface area contributed by atoms with Gasteiger partial charge >= 0.3 is 0 Å². The highest BCUT2D eigenvalue weighted by molar-refractivity contribution is 6.08. The molecule has 1 saturated carbocycles. The van der Waals surface area contributed by atoms with Crippen LogP contribution >= 0.6 is 0 Å². The Hall–Kier alpha value is -1.71. The highest BCUT2D eigenvalue weighted by atomic mass is 19.1. The van der Waals surface area contributed by atoms with Crippen molar-refractivity contribution in [2.24, 2.45) is 5.92 Å². The van der Waals surface area contributed by atoms with Crippen molar-refractivity contribution < 1.29 is 14.0 Å². The van der Waals surface area contributed by atoms with E-state index in [2.05, 4.69) is 5.32 Å². The van der Waals surface area contributed by atoms with Gasteiger partial charge in [-0.15, -0.1) is 0 Å². The van der Waals surface area contributed by atoms with Crippen LogP contribution in [0.1, 0.15) is 19.3 Å². The quantitative estimate of drug-likeness (QED) is 0.777. The molecule has 1 aromatic rings. The number of amides is 1. The van der Waals surface area contributed by atoms with Crippen LogP contribution in [0.5, 0.6) is 0 Å². The number of ketones is 1. The van der Waals surface area contributed by atoms with E-state index in [1.807, 2.05) is 0 Å². The maximum Gasteiger partial charge on any atom is 0.234 e. The first-order valence-electron chi connectivity index (χ1n) is 5.26. The fraction of sp³-hybridized carbons (Fsp3) is 0.333. The van der Waals surface area contributed by atoms with Crippen molar-refractivity contribution >= 4 is 17.4 Å². The van der Waals surface area contributed by atoms with Crippen LogP contribution in [-0.4, -0.2) is 11.7 Å². The summed E-state index contributed by atoms with van der Waals surface area (Å²) in [5.41, 5.74) is 0.520. The van der Waals surface area contributed by atoms with Crippen LogP contribution in [0.3, 0.4) is 0 Å². The van der Waals surface area contributed by atoms with Crippen molar-refractivity contribution in [3.8, 4) is 0 Å². The number of benzene rings is 1. The molecule has 1 unspecified atom stereocenters. The van der Waals surface area contributed by atoms with Crippen molar-refractivity contribution in [2.45, 2.75) is 19.3 Å². The molecular formula is C12H12FNO2. The molecule has 0 heterocycles. The van der Waals surface area contributed by atoms with Crippen LogP contribution in [0.15, 0.2) is 24.3 Å². The van der Waals surface area contributed by atoms with Crippen molar-refractivity contribution in [3.63, 3.8) is 0 Å². The number of anilines is 1. The zero-order chi connectivity index (χ0) is 11.5. The normalized spacial score (nSPS) is 19.8. The summed E-state index contributed by atoms with van der Waals surface area (Å²) in [6.45, 7) is 0. The molecule has 4 heteroatoms. The zero-order valence-electron chi connectivity index (χ0n) is 8.70. The second-order valence-corrected chi connectivity index (χ2v) is 3.91. The number of hydrogen-bond acceptors (Lipinski definition) is 2. The van der Waals surface area contributed by atoms with E-state index in [0.717, 1.165) is 6.42 Å². The monoisotopic (exact) mass is 221 g/mol. The number of carbonyl (C=O) groups is 2. The van der Waals surface area contributed by atoms with E-state index in [-0.39, 0.29) is 17.5 Å². The lowest BCUT2D eigenvalue weighted by molar-refractivity contribution is -0.129. The van der Waals surface area contributed by atoms with Gasteiger partial charge in [-0.05, 0) is 37.1 Å². The Morgan fingerprint density at radius 1 is 1.31 bits per heavy atom. The molecule has 1 fully saturated rings. The van der Waals surface area contributed by atoms with Gasteiger partial charge in [-0.3, -0.25) is 9.59 Å². The molecule has 2 rings (SSSR count). The lowest BCUT2D eigenvalue weighted by Crippen LogP contribution is -2.25. The maximum atomic E-state index is 12.6. The van der Waals surface area contributed by atoms with E-state index < -0.39 is 5.92 Å². The Labute approximate surface area is 92.7 Å². The third kappa shape index (κ3) is 2.27. The largest absolute Gasteiger partial charge is 0.325 e. The molecule has 0 radical (unpaired) electrons. The fourth-order valence-corrected chi connectivity index (χ4v) is 1.86. The van der Waals surface area contributed by atoms with Crippen molar-refractivity contribution in [3.05, 3.63) is 30.1 Å². The number of Topliss-reactive ketones (excluding diaryl/α,β-unsaturated/α-hetero) is 1. The van der Waals surface area contributed by atoms with Gasteiger partial charge in [0.2, 0.25) is 5.91 Å². The van der Waals surface area contributed by atoms with Crippen LogP contribution < -0.4 is 5.32 Å². The van der Waals surface area contributed by atoms with Gasteiger partial charge in [0.15, 0.2) is 0 Å². The molecule has 0 spiro atoms. The number of hydrogen-bond donors (Lipinski definition) is 1. The van der Waals surface area contributed by atoms with E-state index >= 15 is 0 Å². The topological polar surface area (TPSA) is 46.2 Å². The van der Waals surface area contributed by atoms with Gasteiger partial charge in [0.1, 0.15) is 11.6 Å². The third-order valence-corrected chi connectivity index (χ3v) is 2.73. The minimum Gasteiger partial charge on any atom is -0.325 e. The summed E-state index contributed by atoms with van der Waals surface area (Å²) in [6.07, 6.45) is 1.88. The highest BCUT2D eigenvalue weighted by Crippen LogP contribution is 2.22. The average Bonchev–Trinajstić information content (AvgIpc) is 2.68. The molecule has 1 N–H and O–H groups in total. The van der Waals surface area contributed by atoms with Crippen molar-refractivity contribution in [2.75, 3.05) is 5.32 Å². The van der Waals surface area contributed by atoms with E-state index in [0.29, 0.717) is 18.5 Å². The number of rotatable bonds is 2. The first-order chi connectivity index (χ1) is 7.66. The molecule has 1 amide bonds. The standard InChI is InChI=1S/C12H12FNO2/c13-8-4-6-9(7-5-8)14-12(16)10-2-1-3-11(10)15/h4-7,10H,1-3H2,(H,14,16). The van der Waals surface area contributed by atoms with Crippen LogP contribution in [0.4, 0.5) is 10.1 Å². The minimum absolute atomic E-state index is 0.000360. The fourth-order valence-electron chi connectivity index (χ4n) is 1.86. The molecule has 16 heavy (non-hydrogen) atoms. The maximum absolute atomic E-state index is 12.6. The Balaban J connectivity index is 2.02. The third-order valence-electron chi connectivity index (χ3n) is 2.73. The highest BCUT2D eigenvalue weighted by Gasteiger charge is 2.30. The second-order valence-electron chi connectivity index (χ2n) is 3.91. The van der Waals surface area contributed by atoms with E-state index in [1.54, 1.807) is 0 Å². The molecule has 0 saturated heterocycles. The number of nitrogens with one attached hydrogen (secondary N) is 1. The Morgan fingerprint density at radius 2 is 2.00 bits per heavy atom. The summed E-state index contributed by atoms with van der Waals surface area (Å²) in [5.74, 6) is -1.16. The van der Waals surface area contributed by atoms with Gasteiger partial charge < -0.3 is 5.32 Å². The van der Waals surface area contributed by atoms with Crippen LogP contribution in [-0.2, 0) is 9.59 Å². The predicted molar refractivity (Wildman–Crippen MR) is 57.4 cm³/mol. The van der Waals surface area contributed by atoms with Gasteiger partial charge in [-0.1, -0.05) is 0 Å². The first-order valence-corrected chi connectivity index (χ1v) is 5.26. The zero-order valence-corrected chi connectivity index (χ0v) is 8.70. The smallest absolute Gasteiger partial charge is 0.234 e. The van der Waals surface area contributed by atoms with Crippen molar-refractivity contribution in [1.29, 1.82) is 0 Å². The lowest BCUT2D eigenvalue weighted by Gasteiger charge is -2.09. The van der Waals surface area contributed by atoms with Crippen molar-refractivity contribution in [1.82, 2.24) is 0 Å². The molecule has 3 nitrogen and oxygen atoms in total. The molecule has 0 aromatic heterocycles. The average molecular weight is 221 g/mol. The Morgan fingerprint density at radius 3 is 2.56 bits per heavy atom. The summed E-state index contributed by atoms with van der Waals surface area (Å²) in [6, 6.07) is 5.50. The van der Waals surface area contributed by atoms with Crippen LogP contribution in [0.2, 0.25) is 0 Å². The minimum atomic E-state index is -0.523. The molecule has 1 aliphatic rings. The molecule has 1 atom stereocenters. The summed E-state index contributed by atoms with van der Waals surface area (Å²) in [5, 5.41) is 2.62. The second kappa shape index (κ2) is 4.43. The SMILES string of the molecule is O=C1CCCC1C(=O)Nc1ccc(F)cc1. The molecule has 84 valence electrons.